The van der Waals surface area contributed by atoms with Crippen molar-refractivity contribution in [3.8, 4) is 0 Å². The molecule has 0 bridgehead atoms. The summed E-state index contributed by atoms with van der Waals surface area (Å²) in [7, 11) is 0. The third kappa shape index (κ3) is 3.59. The molecule has 27 heavy (non-hydrogen) atoms. The summed E-state index contributed by atoms with van der Waals surface area (Å²) >= 11 is 1.29. The van der Waals surface area contributed by atoms with Crippen LogP contribution in [0, 0.1) is 6.92 Å². The molecular weight excluding hydrogens is 366 g/mol. The minimum absolute atomic E-state index is 0.0186. The molecule has 9 heteroatoms. The van der Waals surface area contributed by atoms with Crippen LogP contribution in [-0.2, 0) is 17.8 Å². The summed E-state index contributed by atoms with van der Waals surface area (Å²) in [5.74, 6) is -0.986. The number of hydrogen-bond acceptors (Lipinski definition) is 5. The standard InChI is InChI=1S/C18H23N5O3S/c1-9(2)23-10(3)7-13(21-23)17(26)20-18-15(16(19)25)12-5-6-22(11(4)24)8-14(12)27-18/h7,9H,5-6,8H2,1-4H3,(H2,19,25)(H,20,26). The number of aromatic nitrogens is 2. The first-order valence-electron chi connectivity index (χ1n) is 8.76. The molecule has 0 atom stereocenters. The molecule has 1 aliphatic rings. The number of aryl methyl sites for hydroxylation is 1. The van der Waals surface area contributed by atoms with Crippen molar-refractivity contribution in [3.05, 3.63) is 33.5 Å². The molecule has 2 aromatic heterocycles. The van der Waals surface area contributed by atoms with Crippen LogP contribution in [0.25, 0.3) is 0 Å². The lowest BCUT2D eigenvalue weighted by Crippen LogP contribution is -2.34. The van der Waals surface area contributed by atoms with Crippen LogP contribution in [-0.4, -0.2) is 38.9 Å². The van der Waals surface area contributed by atoms with Gasteiger partial charge in [-0.3, -0.25) is 19.1 Å². The number of hydrogen-bond donors (Lipinski definition) is 2. The van der Waals surface area contributed by atoms with E-state index in [1.807, 2.05) is 20.8 Å². The normalized spacial score (nSPS) is 13.6. The minimum atomic E-state index is -0.581. The quantitative estimate of drug-likeness (QED) is 0.834. The first-order chi connectivity index (χ1) is 12.7. The van der Waals surface area contributed by atoms with Crippen LogP contribution in [0.3, 0.4) is 0 Å². The zero-order valence-electron chi connectivity index (χ0n) is 15.8. The lowest BCUT2D eigenvalue weighted by atomic mass is 10.0. The highest BCUT2D eigenvalue weighted by atomic mass is 32.1. The molecule has 3 rings (SSSR count). The predicted octanol–water partition coefficient (Wildman–Crippen LogP) is 2.09. The van der Waals surface area contributed by atoms with Crippen molar-refractivity contribution < 1.29 is 14.4 Å². The van der Waals surface area contributed by atoms with E-state index in [1.54, 1.807) is 15.6 Å². The molecule has 1 aliphatic heterocycles. The summed E-state index contributed by atoms with van der Waals surface area (Å²) in [5, 5.41) is 7.54. The number of carbonyl (C=O) groups excluding carboxylic acids is 3. The van der Waals surface area contributed by atoms with E-state index in [1.165, 1.54) is 18.3 Å². The number of amides is 3. The van der Waals surface area contributed by atoms with Crippen molar-refractivity contribution in [3.63, 3.8) is 0 Å². The van der Waals surface area contributed by atoms with Crippen molar-refractivity contribution in [1.29, 1.82) is 0 Å². The molecule has 0 radical (unpaired) electrons. The van der Waals surface area contributed by atoms with Gasteiger partial charge >= 0.3 is 0 Å². The first kappa shape index (κ1) is 19.1. The SMILES string of the molecule is CC(=O)N1CCc2c(sc(NC(=O)c3cc(C)n(C(C)C)n3)c2C(N)=O)C1. The molecule has 0 spiro atoms. The summed E-state index contributed by atoms with van der Waals surface area (Å²) in [4.78, 5) is 38.9. The third-order valence-electron chi connectivity index (χ3n) is 4.62. The molecule has 0 unspecified atom stereocenters. The lowest BCUT2D eigenvalue weighted by molar-refractivity contribution is -0.129. The van der Waals surface area contributed by atoms with Crippen LogP contribution in [0.4, 0.5) is 5.00 Å². The van der Waals surface area contributed by atoms with Gasteiger partial charge in [0.25, 0.3) is 11.8 Å². The van der Waals surface area contributed by atoms with E-state index >= 15 is 0 Å². The van der Waals surface area contributed by atoms with Crippen LogP contribution in [0.5, 0.6) is 0 Å². The number of nitrogens with one attached hydrogen (secondary N) is 1. The Morgan fingerprint density at radius 2 is 2.04 bits per heavy atom. The topological polar surface area (TPSA) is 110 Å². The summed E-state index contributed by atoms with van der Waals surface area (Å²) in [6, 6.07) is 1.85. The van der Waals surface area contributed by atoms with Gasteiger partial charge in [0.2, 0.25) is 5.91 Å². The highest BCUT2D eigenvalue weighted by Crippen LogP contribution is 2.37. The van der Waals surface area contributed by atoms with Gasteiger partial charge in [-0.2, -0.15) is 5.10 Å². The van der Waals surface area contributed by atoms with Gasteiger partial charge in [-0.15, -0.1) is 11.3 Å². The van der Waals surface area contributed by atoms with Gasteiger partial charge in [0.05, 0.1) is 12.1 Å². The summed E-state index contributed by atoms with van der Waals surface area (Å²) in [6.45, 7) is 8.34. The molecule has 3 amide bonds. The van der Waals surface area contributed by atoms with E-state index in [4.69, 9.17) is 5.73 Å². The van der Waals surface area contributed by atoms with Gasteiger partial charge in [0.15, 0.2) is 5.69 Å². The molecule has 8 nitrogen and oxygen atoms in total. The van der Waals surface area contributed by atoms with Gasteiger partial charge in [-0.1, -0.05) is 0 Å². The maximum absolute atomic E-state index is 12.7. The smallest absolute Gasteiger partial charge is 0.276 e. The van der Waals surface area contributed by atoms with Gasteiger partial charge < -0.3 is 16.0 Å². The number of fused-ring (bicyclic) bond motifs is 1. The number of primary amides is 1. The van der Waals surface area contributed by atoms with Crippen LogP contribution in [0.2, 0.25) is 0 Å². The molecule has 144 valence electrons. The number of anilines is 1. The predicted molar refractivity (Wildman–Crippen MR) is 103 cm³/mol. The van der Waals surface area contributed by atoms with Crippen molar-refractivity contribution in [2.24, 2.45) is 5.73 Å². The summed E-state index contributed by atoms with van der Waals surface area (Å²) < 4.78 is 1.77. The van der Waals surface area contributed by atoms with E-state index in [0.29, 0.717) is 30.1 Å². The Balaban J connectivity index is 1.91. The van der Waals surface area contributed by atoms with Gasteiger partial charge in [-0.25, -0.2) is 0 Å². The summed E-state index contributed by atoms with van der Waals surface area (Å²) in [5.41, 5.74) is 7.91. The second-order valence-electron chi connectivity index (χ2n) is 6.93. The average molecular weight is 389 g/mol. The van der Waals surface area contributed by atoms with Crippen LogP contribution >= 0.6 is 11.3 Å². The van der Waals surface area contributed by atoms with Gasteiger partial charge in [0, 0.05) is 30.1 Å². The Morgan fingerprint density at radius 3 is 2.59 bits per heavy atom. The van der Waals surface area contributed by atoms with E-state index < -0.39 is 5.91 Å². The monoisotopic (exact) mass is 389 g/mol. The number of thiophene rings is 1. The molecule has 0 aromatic carbocycles. The minimum Gasteiger partial charge on any atom is -0.365 e. The molecular formula is C18H23N5O3S. The van der Waals surface area contributed by atoms with Crippen molar-refractivity contribution in [1.82, 2.24) is 14.7 Å². The third-order valence-corrected chi connectivity index (χ3v) is 5.75. The van der Waals surface area contributed by atoms with Crippen molar-refractivity contribution in [2.45, 2.75) is 46.7 Å². The maximum Gasteiger partial charge on any atom is 0.276 e. The molecule has 0 aliphatic carbocycles. The van der Waals surface area contributed by atoms with Crippen molar-refractivity contribution in [2.75, 3.05) is 11.9 Å². The van der Waals surface area contributed by atoms with Crippen LogP contribution in [0.1, 0.15) is 63.8 Å². The zero-order valence-corrected chi connectivity index (χ0v) is 16.6. The fourth-order valence-corrected chi connectivity index (χ4v) is 4.57. The van der Waals surface area contributed by atoms with E-state index in [9.17, 15) is 14.4 Å². The largest absolute Gasteiger partial charge is 0.365 e. The Labute approximate surface area is 161 Å². The lowest BCUT2D eigenvalue weighted by Gasteiger charge is -2.25. The molecule has 3 heterocycles. The Morgan fingerprint density at radius 1 is 1.33 bits per heavy atom. The van der Waals surface area contributed by atoms with E-state index in [0.717, 1.165) is 16.1 Å². The molecule has 0 saturated carbocycles. The maximum atomic E-state index is 12.7. The number of nitrogens with two attached hydrogens (primary N) is 1. The van der Waals surface area contributed by atoms with Crippen molar-refractivity contribution >= 4 is 34.1 Å². The highest BCUT2D eigenvalue weighted by molar-refractivity contribution is 7.17. The molecule has 3 N–H and O–H groups in total. The second-order valence-corrected chi connectivity index (χ2v) is 8.03. The van der Waals surface area contributed by atoms with Crippen LogP contribution in [0.15, 0.2) is 6.07 Å². The number of nitrogens with zero attached hydrogens (tertiary/aromatic N) is 3. The number of carbonyl (C=O) groups is 3. The first-order valence-corrected chi connectivity index (χ1v) is 9.58. The second kappa shape index (κ2) is 7.15. The van der Waals surface area contributed by atoms with Gasteiger partial charge in [0.1, 0.15) is 5.00 Å². The Kier molecular flexibility index (Phi) is 5.05. The van der Waals surface area contributed by atoms with Crippen LogP contribution < -0.4 is 11.1 Å². The molecule has 0 saturated heterocycles. The highest BCUT2D eigenvalue weighted by Gasteiger charge is 2.29. The molecule has 0 fully saturated rings. The fourth-order valence-electron chi connectivity index (χ4n) is 3.31. The Hall–Kier alpha value is -2.68. The summed E-state index contributed by atoms with van der Waals surface area (Å²) in [6.07, 6.45) is 0.542. The van der Waals surface area contributed by atoms with E-state index in [2.05, 4.69) is 10.4 Å². The average Bonchev–Trinajstić information content (AvgIpc) is 3.14. The Bertz CT molecular complexity index is 928. The fraction of sp³-hybridized carbons (Fsp3) is 0.444. The molecule has 2 aromatic rings. The van der Waals surface area contributed by atoms with Gasteiger partial charge in [-0.05, 0) is 38.8 Å². The zero-order chi connectivity index (χ0) is 19.9. The number of rotatable bonds is 4. The van der Waals surface area contributed by atoms with E-state index in [-0.39, 0.29) is 23.6 Å².